The molecule has 4 nitrogen and oxygen atoms in total. The first-order chi connectivity index (χ1) is 9.11. The number of benzene rings is 1. The number of rotatable bonds is 4. The fraction of sp³-hybridized carbons (Fsp3) is 0.286. The van der Waals surface area contributed by atoms with E-state index in [0.717, 1.165) is 10.0 Å². The van der Waals surface area contributed by atoms with Crippen LogP contribution in [0.1, 0.15) is 12.5 Å². The Morgan fingerprint density at radius 3 is 2.63 bits per heavy atom. The van der Waals surface area contributed by atoms with Crippen molar-refractivity contribution in [2.75, 3.05) is 11.9 Å². The minimum absolute atomic E-state index is 0.0513. The monoisotopic (exact) mass is 321 g/mol. The summed E-state index contributed by atoms with van der Waals surface area (Å²) in [5, 5.41) is 0. The molecule has 0 aliphatic carbocycles. The molecule has 1 heterocycles. The van der Waals surface area contributed by atoms with Crippen LogP contribution in [-0.4, -0.2) is 16.6 Å². The number of nitrogens with zero attached hydrogens (tertiary/aromatic N) is 3. The molecule has 0 aliphatic heterocycles. The average molecular weight is 322 g/mol. The van der Waals surface area contributed by atoms with Crippen LogP contribution in [0.2, 0.25) is 0 Å². The maximum Gasteiger partial charge on any atom is 0.293 e. The molecule has 0 radical (unpaired) electrons. The van der Waals surface area contributed by atoms with Crippen molar-refractivity contribution in [2.45, 2.75) is 20.0 Å². The molecule has 100 valence electrons. The SMILES string of the molecule is CCn1ccnc(N(C)Cc2ccc(Br)cc2)c1=O. The van der Waals surface area contributed by atoms with Crippen molar-refractivity contribution in [1.82, 2.24) is 9.55 Å². The number of aromatic nitrogens is 2. The maximum absolute atomic E-state index is 12.1. The van der Waals surface area contributed by atoms with E-state index in [2.05, 4.69) is 20.9 Å². The average Bonchev–Trinajstić information content (AvgIpc) is 2.41. The molecule has 0 saturated carbocycles. The van der Waals surface area contributed by atoms with Crippen LogP contribution in [0, 0.1) is 0 Å². The minimum atomic E-state index is -0.0513. The Hall–Kier alpha value is -1.62. The van der Waals surface area contributed by atoms with Gasteiger partial charge in [0.05, 0.1) is 0 Å². The van der Waals surface area contributed by atoms with E-state index in [1.807, 2.05) is 43.1 Å². The quantitative estimate of drug-likeness (QED) is 0.869. The zero-order valence-corrected chi connectivity index (χ0v) is 12.6. The zero-order valence-electron chi connectivity index (χ0n) is 11.0. The molecule has 0 atom stereocenters. The summed E-state index contributed by atoms with van der Waals surface area (Å²) in [6, 6.07) is 8.04. The van der Waals surface area contributed by atoms with E-state index in [4.69, 9.17) is 0 Å². The van der Waals surface area contributed by atoms with E-state index in [1.165, 1.54) is 0 Å². The van der Waals surface area contributed by atoms with Crippen LogP contribution in [-0.2, 0) is 13.1 Å². The number of aryl methyl sites for hydroxylation is 1. The van der Waals surface area contributed by atoms with Gasteiger partial charge < -0.3 is 9.47 Å². The van der Waals surface area contributed by atoms with Gasteiger partial charge in [-0.3, -0.25) is 4.79 Å². The smallest absolute Gasteiger partial charge is 0.293 e. The highest BCUT2D eigenvalue weighted by molar-refractivity contribution is 9.10. The van der Waals surface area contributed by atoms with Crippen molar-refractivity contribution in [1.29, 1.82) is 0 Å². The molecule has 5 heteroatoms. The van der Waals surface area contributed by atoms with E-state index >= 15 is 0 Å². The summed E-state index contributed by atoms with van der Waals surface area (Å²) in [4.78, 5) is 18.2. The van der Waals surface area contributed by atoms with Crippen molar-refractivity contribution in [3.05, 3.63) is 57.0 Å². The summed E-state index contributed by atoms with van der Waals surface area (Å²) in [6.45, 7) is 3.25. The number of hydrogen-bond donors (Lipinski definition) is 0. The molecule has 1 aromatic carbocycles. The number of anilines is 1. The Morgan fingerprint density at radius 1 is 1.32 bits per heavy atom. The van der Waals surface area contributed by atoms with Crippen molar-refractivity contribution >= 4 is 21.7 Å². The molecule has 0 N–H and O–H groups in total. The van der Waals surface area contributed by atoms with Crippen LogP contribution in [0.5, 0.6) is 0 Å². The molecular formula is C14H16BrN3O. The fourth-order valence-corrected chi connectivity index (χ4v) is 2.15. The van der Waals surface area contributed by atoms with E-state index in [-0.39, 0.29) is 5.56 Å². The van der Waals surface area contributed by atoms with Crippen LogP contribution in [0.25, 0.3) is 0 Å². The number of hydrogen-bond acceptors (Lipinski definition) is 3. The second-order valence-corrected chi connectivity index (χ2v) is 5.24. The highest BCUT2D eigenvalue weighted by Crippen LogP contribution is 2.13. The van der Waals surface area contributed by atoms with Crippen LogP contribution >= 0.6 is 15.9 Å². The molecule has 0 unspecified atom stereocenters. The van der Waals surface area contributed by atoms with Gasteiger partial charge in [0.25, 0.3) is 5.56 Å². The second kappa shape index (κ2) is 6.02. The molecule has 0 aliphatic rings. The van der Waals surface area contributed by atoms with Crippen LogP contribution in [0.3, 0.4) is 0 Å². The first-order valence-corrected chi connectivity index (χ1v) is 6.92. The number of halogens is 1. The summed E-state index contributed by atoms with van der Waals surface area (Å²) < 4.78 is 2.70. The molecule has 1 aromatic heterocycles. The summed E-state index contributed by atoms with van der Waals surface area (Å²) in [6.07, 6.45) is 3.37. The third kappa shape index (κ3) is 3.23. The first kappa shape index (κ1) is 13.8. The van der Waals surface area contributed by atoms with Gasteiger partial charge in [-0.05, 0) is 24.6 Å². The molecule has 19 heavy (non-hydrogen) atoms. The van der Waals surface area contributed by atoms with Gasteiger partial charge in [-0.25, -0.2) is 4.98 Å². The van der Waals surface area contributed by atoms with E-state index in [9.17, 15) is 4.79 Å². The topological polar surface area (TPSA) is 38.1 Å². The van der Waals surface area contributed by atoms with E-state index in [0.29, 0.717) is 18.9 Å². The summed E-state index contributed by atoms with van der Waals surface area (Å²) >= 11 is 3.41. The van der Waals surface area contributed by atoms with Gasteiger partial charge in [-0.2, -0.15) is 0 Å². The summed E-state index contributed by atoms with van der Waals surface area (Å²) in [7, 11) is 1.88. The van der Waals surface area contributed by atoms with Crippen molar-refractivity contribution in [2.24, 2.45) is 0 Å². The van der Waals surface area contributed by atoms with E-state index in [1.54, 1.807) is 17.0 Å². The lowest BCUT2D eigenvalue weighted by molar-refractivity contribution is 0.708. The lowest BCUT2D eigenvalue weighted by Gasteiger charge is -2.18. The Balaban J connectivity index is 2.22. The Morgan fingerprint density at radius 2 is 2.00 bits per heavy atom. The second-order valence-electron chi connectivity index (χ2n) is 4.32. The van der Waals surface area contributed by atoms with Crippen LogP contribution in [0.4, 0.5) is 5.82 Å². The van der Waals surface area contributed by atoms with Gasteiger partial charge in [0.15, 0.2) is 5.82 Å². The summed E-state index contributed by atoms with van der Waals surface area (Å²) in [5.74, 6) is 0.479. The largest absolute Gasteiger partial charge is 0.351 e. The molecule has 0 fully saturated rings. The normalized spacial score (nSPS) is 10.5. The first-order valence-electron chi connectivity index (χ1n) is 6.13. The highest BCUT2D eigenvalue weighted by Gasteiger charge is 2.09. The summed E-state index contributed by atoms with van der Waals surface area (Å²) in [5.41, 5.74) is 1.09. The molecule has 2 aromatic rings. The zero-order chi connectivity index (χ0) is 13.8. The van der Waals surface area contributed by atoms with Crippen LogP contribution < -0.4 is 10.5 Å². The van der Waals surface area contributed by atoms with Gasteiger partial charge in [-0.1, -0.05) is 28.1 Å². The minimum Gasteiger partial charge on any atom is -0.351 e. The standard InChI is InChI=1S/C14H16BrN3O/c1-3-18-9-8-16-13(14(18)19)17(2)10-11-4-6-12(15)7-5-11/h4-9H,3,10H2,1-2H3. The van der Waals surface area contributed by atoms with Crippen molar-refractivity contribution < 1.29 is 0 Å². The highest BCUT2D eigenvalue weighted by atomic mass is 79.9. The predicted molar refractivity (Wildman–Crippen MR) is 80.4 cm³/mol. The van der Waals surface area contributed by atoms with Gasteiger partial charge in [0, 0.05) is 37.0 Å². The van der Waals surface area contributed by atoms with Gasteiger partial charge in [0.2, 0.25) is 0 Å². The lowest BCUT2D eigenvalue weighted by atomic mass is 10.2. The van der Waals surface area contributed by atoms with Gasteiger partial charge >= 0.3 is 0 Å². The molecule has 0 spiro atoms. The Labute approximate surface area is 120 Å². The fourth-order valence-electron chi connectivity index (χ4n) is 1.89. The molecule has 0 bridgehead atoms. The Kier molecular flexibility index (Phi) is 4.37. The van der Waals surface area contributed by atoms with Crippen LogP contribution in [0.15, 0.2) is 45.9 Å². The molecule has 2 rings (SSSR count). The third-order valence-corrected chi connectivity index (χ3v) is 3.46. The van der Waals surface area contributed by atoms with Crippen molar-refractivity contribution in [3.63, 3.8) is 0 Å². The van der Waals surface area contributed by atoms with Gasteiger partial charge in [-0.15, -0.1) is 0 Å². The maximum atomic E-state index is 12.1. The lowest BCUT2D eigenvalue weighted by Crippen LogP contribution is -2.29. The predicted octanol–water partition coefficient (Wildman–Crippen LogP) is 2.66. The molecule has 0 amide bonds. The molecular weight excluding hydrogens is 306 g/mol. The van der Waals surface area contributed by atoms with E-state index < -0.39 is 0 Å². The third-order valence-electron chi connectivity index (χ3n) is 2.93. The van der Waals surface area contributed by atoms with Gasteiger partial charge in [0.1, 0.15) is 0 Å². The van der Waals surface area contributed by atoms with Crippen molar-refractivity contribution in [3.8, 4) is 0 Å². The molecule has 0 saturated heterocycles. The Bertz CT molecular complexity index is 607.